The molecular formula is C10H9BrN2O. The van der Waals surface area contributed by atoms with Gasteiger partial charge < -0.3 is 15.9 Å². The number of rotatable bonds is 1. The Balaban J connectivity index is 2.52. The van der Waals surface area contributed by atoms with Gasteiger partial charge in [0.1, 0.15) is 5.76 Å². The quantitative estimate of drug-likeness (QED) is 0.768. The summed E-state index contributed by atoms with van der Waals surface area (Å²) in [6.45, 7) is 0. The fraction of sp³-hybridized carbons (Fsp3) is 0. The molecule has 72 valence electrons. The summed E-state index contributed by atoms with van der Waals surface area (Å²) in [5, 5.41) is 0. The Morgan fingerprint density at radius 2 is 1.86 bits per heavy atom. The van der Waals surface area contributed by atoms with Gasteiger partial charge in [-0.3, -0.25) is 0 Å². The molecule has 0 bridgehead atoms. The van der Waals surface area contributed by atoms with Crippen molar-refractivity contribution in [1.29, 1.82) is 0 Å². The predicted molar refractivity (Wildman–Crippen MR) is 60.7 cm³/mol. The van der Waals surface area contributed by atoms with Crippen LogP contribution in [0.5, 0.6) is 0 Å². The van der Waals surface area contributed by atoms with Crippen LogP contribution in [0.25, 0.3) is 11.3 Å². The molecule has 1 aromatic heterocycles. The van der Waals surface area contributed by atoms with Crippen LogP contribution < -0.4 is 11.5 Å². The fourth-order valence-electron chi connectivity index (χ4n) is 1.26. The maximum absolute atomic E-state index is 5.81. The second-order valence-electron chi connectivity index (χ2n) is 2.95. The van der Waals surface area contributed by atoms with E-state index in [0.717, 1.165) is 11.3 Å². The Labute approximate surface area is 89.8 Å². The van der Waals surface area contributed by atoms with Crippen LogP contribution in [0.4, 0.5) is 11.4 Å². The Hall–Kier alpha value is -1.42. The highest BCUT2D eigenvalue weighted by Gasteiger charge is 2.06. The normalized spacial score (nSPS) is 10.4. The molecule has 14 heavy (non-hydrogen) atoms. The van der Waals surface area contributed by atoms with Crippen LogP contribution in [0.1, 0.15) is 0 Å². The number of furan rings is 1. The highest BCUT2D eigenvalue weighted by Crippen LogP contribution is 2.30. The maximum Gasteiger partial charge on any atom is 0.169 e. The summed E-state index contributed by atoms with van der Waals surface area (Å²) in [6, 6.07) is 9.03. The van der Waals surface area contributed by atoms with Crippen LogP contribution in [0, 0.1) is 0 Å². The molecular weight excluding hydrogens is 244 g/mol. The van der Waals surface area contributed by atoms with Gasteiger partial charge in [0.2, 0.25) is 0 Å². The van der Waals surface area contributed by atoms with Gasteiger partial charge in [0.25, 0.3) is 0 Å². The van der Waals surface area contributed by atoms with Crippen molar-refractivity contribution in [2.45, 2.75) is 0 Å². The summed E-state index contributed by atoms with van der Waals surface area (Å²) in [4.78, 5) is 0. The first-order chi connectivity index (χ1) is 6.66. The molecule has 4 N–H and O–H groups in total. The predicted octanol–water partition coefficient (Wildman–Crippen LogP) is 2.87. The second kappa shape index (κ2) is 3.38. The smallest absolute Gasteiger partial charge is 0.169 e. The van der Waals surface area contributed by atoms with E-state index >= 15 is 0 Å². The van der Waals surface area contributed by atoms with Gasteiger partial charge in [-0.25, -0.2) is 0 Å². The second-order valence-corrected chi connectivity index (χ2v) is 3.73. The lowest BCUT2D eigenvalue weighted by Gasteiger charge is -2.02. The molecule has 0 aliphatic rings. The molecule has 0 atom stereocenters. The number of halogens is 1. The van der Waals surface area contributed by atoms with E-state index in [0.29, 0.717) is 16.0 Å². The SMILES string of the molecule is Nc1ccc(-c2ccc(Br)o2)c(N)c1. The molecule has 0 unspecified atom stereocenters. The largest absolute Gasteiger partial charge is 0.449 e. The maximum atomic E-state index is 5.81. The molecule has 4 heteroatoms. The van der Waals surface area contributed by atoms with Crippen LogP contribution in [0.3, 0.4) is 0 Å². The van der Waals surface area contributed by atoms with Gasteiger partial charge >= 0.3 is 0 Å². The number of nitrogens with two attached hydrogens (primary N) is 2. The van der Waals surface area contributed by atoms with Crippen molar-refractivity contribution in [2.24, 2.45) is 0 Å². The minimum absolute atomic E-state index is 0.617. The fourth-order valence-corrected chi connectivity index (χ4v) is 1.57. The van der Waals surface area contributed by atoms with E-state index in [1.165, 1.54) is 0 Å². The Morgan fingerprint density at radius 3 is 2.43 bits per heavy atom. The monoisotopic (exact) mass is 252 g/mol. The molecule has 0 amide bonds. The van der Waals surface area contributed by atoms with Crippen molar-refractivity contribution in [2.75, 3.05) is 11.5 Å². The molecule has 2 aromatic rings. The number of hydrogen-bond acceptors (Lipinski definition) is 3. The first-order valence-corrected chi connectivity index (χ1v) is 4.87. The number of hydrogen-bond donors (Lipinski definition) is 2. The van der Waals surface area contributed by atoms with Crippen molar-refractivity contribution < 1.29 is 4.42 Å². The number of benzene rings is 1. The molecule has 0 saturated heterocycles. The topological polar surface area (TPSA) is 65.2 Å². The van der Waals surface area contributed by atoms with Gasteiger partial charge in [-0.1, -0.05) is 0 Å². The van der Waals surface area contributed by atoms with Crippen LogP contribution >= 0.6 is 15.9 Å². The highest BCUT2D eigenvalue weighted by molar-refractivity contribution is 9.10. The van der Waals surface area contributed by atoms with Crippen LogP contribution in [-0.2, 0) is 0 Å². The minimum atomic E-state index is 0.617. The summed E-state index contributed by atoms with van der Waals surface area (Å²) in [5.41, 5.74) is 13.5. The summed E-state index contributed by atoms with van der Waals surface area (Å²) in [6.07, 6.45) is 0. The third kappa shape index (κ3) is 1.61. The summed E-state index contributed by atoms with van der Waals surface area (Å²) >= 11 is 3.24. The van der Waals surface area contributed by atoms with E-state index < -0.39 is 0 Å². The van der Waals surface area contributed by atoms with Crippen molar-refractivity contribution in [3.8, 4) is 11.3 Å². The number of nitrogen functional groups attached to an aromatic ring is 2. The molecule has 2 rings (SSSR count). The van der Waals surface area contributed by atoms with Gasteiger partial charge in [0.05, 0.1) is 0 Å². The summed E-state index contributed by atoms with van der Waals surface area (Å²) in [5.74, 6) is 0.731. The average Bonchev–Trinajstić information content (AvgIpc) is 2.51. The zero-order chi connectivity index (χ0) is 10.1. The molecule has 1 heterocycles. The molecule has 1 aromatic carbocycles. The average molecular weight is 253 g/mol. The van der Waals surface area contributed by atoms with Crippen LogP contribution in [-0.4, -0.2) is 0 Å². The van der Waals surface area contributed by atoms with Crippen molar-refractivity contribution in [3.63, 3.8) is 0 Å². The van der Waals surface area contributed by atoms with Crippen LogP contribution in [0.15, 0.2) is 39.4 Å². The van der Waals surface area contributed by atoms with E-state index in [-0.39, 0.29) is 0 Å². The lowest BCUT2D eigenvalue weighted by atomic mass is 10.1. The molecule has 0 aliphatic carbocycles. The van der Waals surface area contributed by atoms with Gasteiger partial charge in [-0.2, -0.15) is 0 Å². The molecule has 0 spiro atoms. The molecule has 0 fully saturated rings. The van der Waals surface area contributed by atoms with Crippen molar-refractivity contribution >= 4 is 27.3 Å². The highest BCUT2D eigenvalue weighted by atomic mass is 79.9. The molecule has 0 saturated carbocycles. The Kier molecular flexibility index (Phi) is 2.21. The van der Waals surface area contributed by atoms with E-state index in [4.69, 9.17) is 15.9 Å². The molecule has 0 radical (unpaired) electrons. The van der Waals surface area contributed by atoms with Gasteiger partial charge in [-0.05, 0) is 46.3 Å². The first kappa shape index (κ1) is 9.15. The third-order valence-corrected chi connectivity index (χ3v) is 2.34. The zero-order valence-corrected chi connectivity index (χ0v) is 8.91. The lowest BCUT2D eigenvalue weighted by Crippen LogP contribution is -1.92. The Morgan fingerprint density at radius 1 is 1.07 bits per heavy atom. The van der Waals surface area contributed by atoms with E-state index in [1.807, 2.05) is 18.2 Å². The Bertz CT molecular complexity index is 465. The van der Waals surface area contributed by atoms with E-state index in [2.05, 4.69) is 15.9 Å². The van der Waals surface area contributed by atoms with Gasteiger partial charge in [0, 0.05) is 16.9 Å². The molecule has 0 aliphatic heterocycles. The first-order valence-electron chi connectivity index (χ1n) is 4.07. The van der Waals surface area contributed by atoms with E-state index in [9.17, 15) is 0 Å². The summed E-state index contributed by atoms with van der Waals surface area (Å²) in [7, 11) is 0. The van der Waals surface area contributed by atoms with Crippen molar-refractivity contribution in [3.05, 3.63) is 35.0 Å². The standard InChI is InChI=1S/C10H9BrN2O/c11-10-4-3-9(14-10)7-2-1-6(12)5-8(7)13/h1-5H,12-13H2. The third-order valence-electron chi connectivity index (χ3n) is 1.91. The van der Waals surface area contributed by atoms with Gasteiger partial charge in [-0.15, -0.1) is 0 Å². The van der Waals surface area contributed by atoms with Crippen LogP contribution in [0.2, 0.25) is 0 Å². The zero-order valence-electron chi connectivity index (χ0n) is 7.33. The summed E-state index contributed by atoms with van der Waals surface area (Å²) < 4.78 is 6.07. The van der Waals surface area contributed by atoms with Crippen molar-refractivity contribution in [1.82, 2.24) is 0 Å². The van der Waals surface area contributed by atoms with Gasteiger partial charge in [0.15, 0.2) is 4.67 Å². The lowest BCUT2D eigenvalue weighted by molar-refractivity contribution is 0.556. The molecule has 3 nitrogen and oxygen atoms in total. The minimum Gasteiger partial charge on any atom is -0.449 e. The number of anilines is 2. The van der Waals surface area contributed by atoms with E-state index in [1.54, 1.807) is 12.1 Å².